The van der Waals surface area contributed by atoms with Gasteiger partial charge in [0.1, 0.15) is 19.0 Å². The van der Waals surface area contributed by atoms with Crippen LogP contribution in [0.1, 0.15) is 24.2 Å². The fourth-order valence-corrected chi connectivity index (χ4v) is 2.64. The van der Waals surface area contributed by atoms with E-state index in [0.717, 1.165) is 11.3 Å². The minimum Gasteiger partial charge on any atom is -0.458 e. The first kappa shape index (κ1) is 15.0. The highest BCUT2D eigenvalue weighted by atomic mass is 16.5. The molecule has 1 N–H and O–H groups in total. The molecular weight excluding hydrogens is 296 g/mol. The number of nitrogens with one attached hydrogen (secondary N) is 1. The Balaban J connectivity index is 2.13. The molecular formula is C15H18N6O2. The summed E-state index contributed by atoms with van der Waals surface area (Å²) in [5.41, 5.74) is 3.00. The molecule has 0 saturated heterocycles. The Kier molecular flexibility index (Phi) is 3.73. The van der Waals surface area contributed by atoms with Gasteiger partial charge in [-0.3, -0.25) is 4.68 Å². The summed E-state index contributed by atoms with van der Waals surface area (Å²) in [6, 6.07) is -0.431. The Morgan fingerprint density at radius 1 is 1.48 bits per heavy atom. The molecule has 2 aromatic heterocycles. The number of ether oxygens (including phenoxy) is 1. The summed E-state index contributed by atoms with van der Waals surface area (Å²) in [6.45, 7) is 7.49. The lowest BCUT2D eigenvalue weighted by Crippen LogP contribution is -2.30. The minimum atomic E-state index is -0.431. The van der Waals surface area contributed by atoms with Crippen molar-refractivity contribution >= 4 is 11.9 Å². The molecule has 0 saturated carbocycles. The predicted molar refractivity (Wildman–Crippen MR) is 83.6 cm³/mol. The molecule has 23 heavy (non-hydrogen) atoms. The van der Waals surface area contributed by atoms with Crippen molar-refractivity contribution in [3.05, 3.63) is 47.7 Å². The molecule has 0 amide bonds. The van der Waals surface area contributed by atoms with Gasteiger partial charge in [-0.05, 0) is 13.8 Å². The topological polar surface area (TPSA) is 86.9 Å². The van der Waals surface area contributed by atoms with Crippen molar-refractivity contribution in [3.8, 4) is 0 Å². The summed E-state index contributed by atoms with van der Waals surface area (Å²) in [4.78, 5) is 16.7. The van der Waals surface area contributed by atoms with Gasteiger partial charge < -0.3 is 10.1 Å². The standard InChI is InChI=1S/C15H18N6O2/c1-5-6-23-14(22)12-9(2)19-15-16-8-18-21(15)13(12)11-7-17-20(4)10(11)3/h5,7-8,13H,1,6H2,2-4H3,(H,16,18,19)/t13-/m1/s1. The molecule has 0 aliphatic carbocycles. The molecule has 0 spiro atoms. The van der Waals surface area contributed by atoms with Crippen molar-refractivity contribution < 1.29 is 9.53 Å². The molecule has 3 rings (SSSR count). The number of nitrogens with zero attached hydrogens (tertiary/aromatic N) is 5. The van der Waals surface area contributed by atoms with Crippen LogP contribution in [0.15, 0.2) is 36.4 Å². The van der Waals surface area contributed by atoms with Crippen LogP contribution in [0, 0.1) is 6.92 Å². The highest BCUT2D eigenvalue weighted by molar-refractivity contribution is 5.92. The van der Waals surface area contributed by atoms with Crippen LogP contribution in [-0.4, -0.2) is 37.1 Å². The van der Waals surface area contributed by atoms with Gasteiger partial charge in [-0.2, -0.15) is 15.2 Å². The van der Waals surface area contributed by atoms with Crippen LogP contribution in [0.4, 0.5) is 5.95 Å². The normalized spacial score (nSPS) is 16.7. The lowest BCUT2D eigenvalue weighted by molar-refractivity contribution is -0.138. The molecule has 3 heterocycles. The first-order valence-electron chi connectivity index (χ1n) is 7.18. The molecule has 1 aliphatic heterocycles. The van der Waals surface area contributed by atoms with E-state index >= 15 is 0 Å². The summed E-state index contributed by atoms with van der Waals surface area (Å²) < 4.78 is 8.68. The molecule has 0 fully saturated rings. The minimum absolute atomic E-state index is 0.151. The number of carbonyl (C=O) groups excluding carboxylic acids is 1. The fraction of sp³-hybridized carbons (Fsp3) is 0.333. The van der Waals surface area contributed by atoms with Crippen molar-refractivity contribution in [2.24, 2.45) is 7.05 Å². The molecule has 0 aromatic carbocycles. The van der Waals surface area contributed by atoms with Crippen LogP contribution in [-0.2, 0) is 16.6 Å². The number of rotatable bonds is 4. The number of aryl methyl sites for hydroxylation is 1. The van der Waals surface area contributed by atoms with Crippen LogP contribution in [0.5, 0.6) is 0 Å². The molecule has 0 bridgehead atoms. The van der Waals surface area contributed by atoms with Crippen molar-refractivity contribution in [1.29, 1.82) is 0 Å². The van der Waals surface area contributed by atoms with E-state index in [1.54, 1.807) is 15.6 Å². The SMILES string of the molecule is C=CCOC(=O)C1=C(C)Nc2ncnn2[C@@H]1c1cnn(C)c1C. The second-order valence-corrected chi connectivity index (χ2v) is 5.29. The number of allylic oxidation sites excluding steroid dienone is 1. The lowest BCUT2D eigenvalue weighted by atomic mass is 9.96. The second-order valence-electron chi connectivity index (χ2n) is 5.29. The Labute approximate surface area is 133 Å². The van der Waals surface area contributed by atoms with Crippen LogP contribution in [0.3, 0.4) is 0 Å². The van der Waals surface area contributed by atoms with Gasteiger partial charge >= 0.3 is 5.97 Å². The molecule has 1 atom stereocenters. The third-order valence-electron chi connectivity index (χ3n) is 3.91. The summed E-state index contributed by atoms with van der Waals surface area (Å²) >= 11 is 0. The van der Waals surface area contributed by atoms with Crippen molar-refractivity contribution in [1.82, 2.24) is 24.5 Å². The van der Waals surface area contributed by atoms with E-state index < -0.39 is 12.0 Å². The van der Waals surface area contributed by atoms with Gasteiger partial charge in [0.2, 0.25) is 5.95 Å². The molecule has 8 nitrogen and oxygen atoms in total. The number of esters is 1. The van der Waals surface area contributed by atoms with Gasteiger partial charge in [0.15, 0.2) is 0 Å². The van der Waals surface area contributed by atoms with Gasteiger partial charge in [-0.25, -0.2) is 9.48 Å². The first-order chi connectivity index (χ1) is 11.0. The Morgan fingerprint density at radius 3 is 2.91 bits per heavy atom. The highest BCUT2D eigenvalue weighted by Gasteiger charge is 2.36. The molecule has 1 aliphatic rings. The number of hydrogen-bond donors (Lipinski definition) is 1. The average Bonchev–Trinajstić information content (AvgIpc) is 3.11. The monoisotopic (exact) mass is 314 g/mol. The molecule has 120 valence electrons. The maximum Gasteiger partial charge on any atom is 0.338 e. The Hall–Kier alpha value is -2.90. The molecule has 2 aromatic rings. The van der Waals surface area contributed by atoms with Gasteiger partial charge in [-0.1, -0.05) is 12.7 Å². The fourth-order valence-electron chi connectivity index (χ4n) is 2.64. The zero-order valence-corrected chi connectivity index (χ0v) is 13.3. The van der Waals surface area contributed by atoms with E-state index in [1.807, 2.05) is 20.9 Å². The first-order valence-corrected chi connectivity index (χ1v) is 7.18. The quantitative estimate of drug-likeness (QED) is 0.677. The van der Waals surface area contributed by atoms with Gasteiger partial charge in [-0.15, -0.1) is 0 Å². The summed E-state index contributed by atoms with van der Waals surface area (Å²) in [5, 5.41) is 11.6. The number of hydrogen-bond acceptors (Lipinski definition) is 6. The third kappa shape index (κ3) is 2.41. The van der Waals surface area contributed by atoms with Crippen molar-refractivity contribution in [2.45, 2.75) is 19.9 Å². The van der Waals surface area contributed by atoms with Crippen molar-refractivity contribution in [2.75, 3.05) is 11.9 Å². The second kappa shape index (κ2) is 5.71. The van der Waals surface area contributed by atoms with Crippen LogP contribution >= 0.6 is 0 Å². The zero-order chi connectivity index (χ0) is 16.6. The molecule has 8 heteroatoms. The van der Waals surface area contributed by atoms with Gasteiger partial charge in [0, 0.05) is 24.0 Å². The zero-order valence-electron chi connectivity index (χ0n) is 13.3. The van der Waals surface area contributed by atoms with Crippen LogP contribution < -0.4 is 5.32 Å². The lowest BCUT2D eigenvalue weighted by Gasteiger charge is -2.27. The van der Waals surface area contributed by atoms with Crippen LogP contribution in [0.2, 0.25) is 0 Å². The predicted octanol–water partition coefficient (Wildman–Crippen LogP) is 1.34. The average molecular weight is 314 g/mol. The van der Waals surface area contributed by atoms with E-state index in [4.69, 9.17) is 4.74 Å². The van der Waals surface area contributed by atoms with Crippen molar-refractivity contribution in [3.63, 3.8) is 0 Å². The van der Waals surface area contributed by atoms with E-state index in [9.17, 15) is 4.79 Å². The van der Waals surface area contributed by atoms with Crippen LogP contribution in [0.25, 0.3) is 0 Å². The Morgan fingerprint density at radius 2 is 2.26 bits per heavy atom. The highest BCUT2D eigenvalue weighted by Crippen LogP contribution is 2.36. The van der Waals surface area contributed by atoms with E-state index in [1.165, 1.54) is 12.4 Å². The maximum absolute atomic E-state index is 12.5. The summed E-state index contributed by atoms with van der Waals surface area (Å²) in [5.74, 6) is 0.167. The third-order valence-corrected chi connectivity index (χ3v) is 3.91. The summed E-state index contributed by atoms with van der Waals surface area (Å²) in [7, 11) is 1.86. The number of carbonyl (C=O) groups is 1. The molecule has 0 unspecified atom stereocenters. The number of anilines is 1. The number of aromatic nitrogens is 5. The maximum atomic E-state index is 12.5. The van der Waals surface area contributed by atoms with E-state index in [-0.39, 0.29) is 6.61 Å². The smallest absolute Gasteiger partial charge is 0.338 e. The van der Waals surface area contributed by atoms with Gasteiger partial charge in [0.25, 0.3) is 0 Å². The van der Waals surface area contributed by atoms with Gasteiger partial charge in [0.05, 0.1) is 11.8 Å². The summed E-state index contributed by atoms with van der Waals surface area (Å²) in [6.07, 6.45) is 4.73. The molecule has 0 radical (unpaired) electrons. The van der Waals surface area contributed by atoms with E-state index in [0.29, 0.717) is 17.2 Å². The van der Waals surface area contributed by atoms with E-state index in [2.05, 4.69) is 27.1 Å². The Bertz CT molecular complexity index is 801. The number of fused-ring (bicyclic) bond motifs is 1. The largest absolute Gasteiger partial charge is 0.458 e.